The summed E-state index contributed by atoms with van der Waals surface area (Å²) in [6.45, 7) is 0.458. The van der Waals surface area contributed by atoms with Crippen molar-refractivity contribution in [2.45, 2.75) is 5.25 Å². The number of anilines is 1. The Morgan fingerprint density at radius 3 is 2.62 bits per heavy atom. The van der Waals surface area contributed by atoms with Crippen molar-refractivity contribution in [3.63, 3.8) is 0 Å². The summed E-state index contributed by atoms with van der Waals surface area (Å²) in [5.74, 6) is -0.365. The van der Waals surface area contributed by atoms with Crippen LogP contribution in [-0.4, -0.2) is 54.2 Å². The van der Waals surface area contributed by atoms with E-state index in [9.17, 15) is 14.0 Å². The minimum atomic E-state index is -0.391. The molecular weight excluding hydrogens is 539 g/mol. The molecule has 0 saturated carbocycles. The van der Waals surface area contributed by atoms with Crippen LogP contribution in [0, 0.1) is 5.82 Å². The number of carbonyl (C=O) groups is 2. The molecule has 2 heterocycles. The molecule has 1 N–H and O–H groups in total. The zero-order valence-corrected chi connectivity index (χ0v) is 22.7. The molecule has 1 atom stereocenters. The van der Waals surface area contributed by atoms with Crippen molar-refractivity contribution in [1.82, 2.24) is 15.1 Å². The molecule has 200 valence electrons. The second-order valence-electron chi connectivity index (χ2n) is 8.91. The quantitative estimate of drug-likeness (QED) is 0.295. The Balaban J connectivity index is 1.75. The van der Waals surface area contributed by atoms with Gasteiger partial charge in [-0.1, -0.05) is 54.1 Å². The second-order valence-corrected chi connectivity index (χ2v) is 10.4. The third-order valence-electron chi connectivity index (χ3n) is 6.29. The lowest BCUT2D eigenvalue weighted by Crippen LogP contribution is -2.43. The first kappa shape index (κ1) is 26.9. The maximum atomic E-state index is 13.9. The molecule has 0 radical (unpaired) electrons. The van der Waals surface area contributed by atoms with E-state index in [1.165, 1.54) is 28.8 Å². The molecule has 0 saturated heterocycles. The molecular formula is C29H26ClFN4O3S. The number of nitrogens with one attached hydrogen (secondary N) is 1. The first-order valence-corrected chi connectivity index (χ1v) is 13.8. The number of methoxy groups -OCH3 is 1. The fourth-order valence-corrected chi connectivity index (χ4v) is 5.90. The summed E-state index contributed by atoms with van der Waals surface area (Å²) in [6.07, 6.45) is 0. The Labute approximate surface area is 234 Å². The van der Waals surface area contributed by atoms with Crippen LogP contribution in [0.4, 0.5) is 10.2 Å². The number of aromatic nitrogens is 2. The minimum Gasteiger partial charge on any atom is -0.383 e. The van der Waals surface area contributed by atoms with Gasteiger partial charge in [0, 0.05) is 29.8 Å². The summed E-state index contributed by atoms with van der Waals surface area (Å²) in [4.78, 5) is 28.1. The van der Waals surface area contributed by atoms with Crippen molar-refractivity contribution in [2.24, 2.45) is 0 Å². The number of hydrogen-bond donors (Lipinski definition) is 1. The maximum absolute atomic E-state index is 13.9. The van der Waals surface area contributed by atoms with Gasteiger partial charge in [-0.15, -0.1) is 11.8 Å². The fourth-order valence-electron chi connectivity index (χ4n) is 4.52. The highest BCUT2D eigenvalue weighted by molar-refractivity contribution is 8.00. The van der Waals surface area contributed by atoms with Crippen molar-refractivity contribution in [2.75, 3.05) is 37.5 Å². The van der Waals surface area contributed by atoms with Gasteiger partial charge >= 0.3 is 0 Å². The lowest BCUT2D eigenvalue weighted by Gasteiger charge is -2.23. The summed E-state index contributed by atoms with van der Waals surface area (Å²) in [5, 5.41) is 8.03. The Morgan fingerprint density at radius 1 is 1.13 bits per heavy atom. The molecule has 0 unspecified atom stereocenters. The predicted molar refractivity (Wildman–Crippen MR) is 152 cm³/mol. The SMILES string of the molecule is COCCNC(=O)CN1C(=O)CS[C@H](c2cccc(Cl)c2)c2c(-c3ccccc3)nn(-c3ccc(F)cc3)c21. The van der Waals surface area contributed by atoms with E-state index < -0.39 is 5.82 Å². The monoisotopic (exact) mass is 564 g/mol. The molecule has 1 aromatic heterocycles. The largest absolute Gasteiger partial charge is 0.383 e. The summed E-state index contributed by atoms with van der Waals surface area (Å²) >= 11 is 7.84. The van der Waals surface area contributed by atoms with Crippen LogP contribution in [-0.2, 0) is 14.3 Å². The van der Waals surface area contributed by atoms with E-state index in [0.717, 1.165) is 16.7 Å². The summed E-state index contributed by atoms with van der Waals surface area (Å²) < 4.78 is 20.5. The molecule has 7 nitrogen and oxygen atoms in total. The molecule has 0 aliphatic carbocycles. The van der Waals surface area contributed by atoms with E-state index in [4.69, 9.17) is 21.4 Å². The molecule has 39 heavy (non-hydrogen) atoms. The average Bonchev–Trinajstić information content (AvgIpc) is 3.26. The highest BCUT2D eigenvalue weighted by Crippen LogP contribution is 2.48. The summed E-state index contributed by atoms with van der Waals surface area (Å²) in [5.41, 5.74) is 3.74. The van der Waals surface area contributed by atoms with Gasteiger partial charge in [0.25, 0.3) is 0 Å². The van der Waals surface area contributed by atoms with Gasteiger partial charge in [0.2, 0.25) is 11.8 Å². The van der Waals surface area contributed by atoms with Gasteiger partial charge in [0.15, 0.2) is 0 Å². The maximum Gasteiger partial charge on any atom is 0.240 e. The average molecular weight is 565 g/mol. The summed E-state index contributed by atoms with van der Waals surface area (Å²) in [6, 6.07) is 23.1. The van der Waals surface area contributed by atoms with E-state index >= 15 is 0 Å². The normalized spacial score (nSPS) is 15.1. The topological polar surface area (TPSA) is 76.5 Å². The van der Waals surface area contributed by atoms with Crippen LogP contribution in [0.15, 0.2) is 78.9 Å². The standard InChI is InChI=1S/C29H26ClFN4O3S/c1-38-15-14-32-24(36)17-34-25(37)18-39-28(20-8-5-9-21(30)16-20)26-27(19-6-3-2-4-7-19)33-35(29(26)34)23-12-10-22(31)11-13-23/h2-13,16,28H,14-15,17-18H2,1H3,(H,32,36)/t28-/m1/s1. The zero-order chi connectivity index (χ0) is 27.4. The van der Waals surface area contributed by atoms with Crippen LogP contribution < -0.4 is 10.2 Å². The van der Waals surface area contributed by atoms with Crippen molar-refractivity contribution < 1.29 is 18.7 Å². The number of hydrogen-bond acceptors (Lipinski definition) is 5. The molecule has 1 aliphatic heterocycles. The van der Waals surface area contributed by atoms with E-state index in [2.05, 4.69) is 5.32 Å². The third kappa shape index (κ3) is 5.85. The van der Waals surface area contributed by atoms with Gasteiger partial charge in [-0.25, -0.2) is 9.07 Å². The van der Waals surface area contributed by atoms with Gasteiger partial charge < -0.3 is 10.1 Å². The molecule has 0 bridgehead atoms. The van der Waals surface area contributed by atoms with E-state index in [-0.39, 0.29) is 29.4 Å². The van der Waals surface area contributed by atoms with Crippen molar-refractivity contribution in [3.05, 3.63) is 101 Å². The van der Waals surface area contributed by atoms with Crippen LogP contribution in [0.1, 0.15) is 16.4 Å². The first-order chi connectivity index (χ1) is 19.0. The third-order valence-corrected chi connectivity index (χ3v) is 7.78. The van der Waals surface area contributed by atoms with Gasteiger partial charge in [-0.2, -0.15) is 5.10 Å². The molecule has 1 aliphatic rings. The van der Waals surface area contributed by atoms with Crippen LogP contribution in [0.5, 0.6) is 0 Å². The number of fused-ring (bicyclic) bond motifs is 1. The van der Waals surface area contributed by atoms with Gasteiger partial charge in [-0.05, 0) is 42.0 Å². The van der Waals surface area contributed by atoms with E-state index in [0.29, 0.717) is 35.4 Å². The smallest absolute Gasteiger partial charge is 0.240 e. The highest BCUT2D eigenvalue weighted by atomic mass is 35.5. The van der Waals surface area contributed by atoms with E-state index in [1.807, 2.05) is 48.5 Å². The van der Waals surface area contributed by atoms with Crippen molar-refractivity contribution in [1.29, 1.82) is 0 Å². The lowest BCUT2D eigenvalue weighted by atomic mass is 9.99. The zero-order valence-electron chi connectivity index (χ0n) is 21.1. The van der Waals surface area contributed by atoms with Crippen molar-refractivity contribution in [3.8, 4) is 16.9 Å². The fraction of sp³-hybridized carbons (Fsp3) is 0.207. The lowest BCUT2D eigenvalue weighted by molar-refractivity contribution is -0.123. The molecule has 5 rings (SSSR count). The number of nitrogens with zero attached hydrogens (tertiary/aromatic N) is 3. The number of thioether (sulfide) groups is 1. The molecule has 4 aromatic rings. The van der Waals surface area contributed by atoms with Crippen molar-refractivity contribution >= 4 is 41.0 Å². The number of halogens is 2. The number of benzene rings is 3. The Morgan fingerprint density at radius 2 is 1.90 bits per heavy atom. The Kier molecular flexibility index (Phi) is 8.30. The van der Waals surface area contributed by atoms with Crippen LogP contribution in [0.3, 0.4) is 0 Å². The van der Waals surface area contributed by atoms with Crippen LogP contribution >= 0.6 is 23.4 Å². The Bertz CT molecular complexity index is 1480. The second kappa shape index (κ2) is 12.0. The molecule has 10 heteroatoms. The first-order valence-electron chi connectivity index (χ1n) is 12.3. The van der Waals surface area contributed by atoms with Gasteiger partial charge in [0.05, 0.1) is 29.0 Å². The number of carbonyl (C=O) groups excluding carboxylic acids is 2. The van der Waals surface area contributed by atoms with E-state index in [1.54, 1.807) is 30.0 Å². The number of amides is 2. The predicted octanol–water partition coefficient (Wildman–Crippen LogP) is 5.26. The van der Waals surface area contributed by atoms with Gasteiger partial charge in [-0.3, -0.25) is 14.5 Å². The molecule has 2 amide bonds. The highest BCUT2D eigenvalue weighted by Gasteiger charge is 2.37. The molecule has 0 spiro atoms. The Hall–Kier alpha value is -3.66. The number of rotatable bonds is 8. The minimum absolute atomic E-state index is 0.134. The van der Waals surface area contributed by atoms with Crippen LogP contribution in [0.25, 0.3) is 16.9 Å². The molecule has 3 aromatic carbocycles. The molecule has 0 fully saturated rings. The number of ether oxygens (including phenoxy) is 1. The van der Waals surface area contributed by atoms with Crippen LogP contribution in [0.2, 0.25) is 5.02 Å². The summed E-state index contributed by atoms with van der Waals surface area (Å²) in [7, 11) is 1.55. The van der Waals surface area contributed by atoms with Gasteiger partial charge in [0.1, 0.15) is 18.2 Å².